The van der Waals surface area contributed by atoms with Crippen molar-refractivity contribution in [3.05, 3.63) is 0 Å². The summed E-state index contributed by atoms with van der Waals surface area (Å²) < 4.78 is 24.2. The molecule has 1 aliphatic carbocycles. The molecule has 1 fully saturated rings. The van der Waals surface area contributed by atoms with E-state index in [1.807, 2.05) is 6.92 Å². The van der Waals surface area contributed by atoms with Gasteiger partial charge in [0.25, 0.3) is 0 Å². The second kappa shape index (κ2) is 6.74. The SMILES string of the molecule is CC(C)CNCC(C)S(=O)(=O)CC1CCCC1. The molecular weight excluding hydrogens is 234 g/mol. The van der Waals surface area contributed by atoms with Crippen LogP contribution < -0.4 is 5.32 Å². The second-order valence-electron chi connectivity index (χ2n) is 5.84. The smallest absolute Gasteiger partial charge is 0.154 e. The molecule has 0 aromatic rings. The van der Waals surface area contributed by atoms with E-state index in [4.69, 9.17) is 0 Å². The molecule has 1 aliphatic rings. The Balaban J connectivity index is 2.34. The summed E-state index contributed by atoms with van der Waals surface area (Å²) in [6.07, 6.45) is 4.62. The van der Waals surface area contributed by atoms with Gasteiger partial charge >= 0.3 is 0 Å². The van der Waals surface area contributed by atoms with Gasteiger partial charge < -0.3 is 5.32 Å². The van der Waals surface area contributed by atoms with Gasteiger partial charge in [0, 0.05) is 6.54 Å². The van der Waals surface area contributed by atoms with Crippen molar-refractivity contribution in [2.45, 2.75) is 51.7 Å². The highest BCUT2D eigenvalue weighted by Crippen LogP contribution is 2.26. The lowest BCUT2D eigenvalue weighted by Crippen LogP contribution is -2.35. The van der Waals surface area contributed by atoms with Crippen LogP contribution in [0.15, 0.2) is 0 Å². The molecule has 17 heavy (non-hydrogen) atoms. The van der Waals surface area contributed by atoms with Crippen LogP contribution in [0.5, 0.6) is 0 Å². The third kappa shape index (κ3) is 5.38. The van der Waals surface area contributed by atoms with Crippen LogP contribution in [-0.2, 0) is 9.84 Å². The molecule has 0 heterocycles. The van der Waals surface area contributed by atoms with Crippen LogP contribution in [0.4, 0.5) is 0 Å². The minimum absolute atomic E-state index is 0.248. The zero-order valence-corrected chi connectivity index (χ0v) is 12.2. The van der Waals surface area contributed by atoms with Crippen molar-refractivity contribution in [1.82, 2.24) is 5.32 Å². The fourth-order valence-corrected chi connectivity index (χ4v) is 4.06. The van der Waals surface area contributed by atoms with Crippen molar-refractivity contribution >= 4 is 9.84 Å². The van der Waals surface area contributed by atoms with Crippen molar-refractivity contribution < 1.29 is 8.42 Å². The first-order valence-corrected chi connectivity index (χ1v) is 8.55. The molecule has 0 saturated heterocycles. The molecule has 0 aliphatic heterocycles. The Morgan fingerprint density at radius 3 is 2.24 bits per heavy atom. The van der Waals surface area contributed by atoms with Gasteiger partial charge in [0.1, 0.15) is 0 Å². The first kappa shape index (κ1) is 15.0. The Kier molecular flexibility index (Phi) is 5.93. The molecule has 3 nitrogen and oxygen atoms in total. The zero-order valence-electron chi connectivity index (χ0n) is 11.4. The molecule has 1 N–H and O–H groups in total. The molecule has 0 radical (unpaired) electrons. The molecule has 1 atom stereocenters. The zero-order chi connectivity index (χ0) is 12.9. The normalized spacial score (nSPS) is 20.0. The van der Waals surface area contributed by atoms with E-state index in [-0.39, 0.29) is 5.25 Å². The summed E-state index contributed by atoms with van der Waals surface area (Å²) in [5.41, 5.74) is 0. The molecule has 0 bridgehead atoms. The summed E-state index contributed by atoms with van der Waals surface area (Å²) in [7, 11) is -2.90. The number of sulfone groups is 1. The van der Waals surface area contributed by atoms with E-state index in [1.165, 1.54) is 12.8 Å². The van der Waals surface area contributed by atoms with E-state index >= 15 is 0 Å². The topological polar surface area (TPSA) is 46.2 Å². The maximum absolute atomic E-state index is 12.1. The third-order valence-corrected chi connectivity index (χ3v) is 5.87. The largest absolute Gasteiger partial charge is 0.315 e. The molecule has 0 amide bonds. The van der Waals surface area contributed by atoms with Gasteiger partial charge in [-0.2, -0.15) is 0 Å². The van der Waals surface area contributed by atoms with E-state index in [1.54, 1.807) is 0 Å². The van der Waals surface area contributed by atoms with E-state index in [2.05, 4.69) is 19.2 Å². The van der Waals surface area contributed by atoms with Gasteiger partial charge in [-0.3, -0.25) is 0 Å². The number of hydrogen-bond acceptors (Lipinski definition) is 3. The molecule has 0 spiro atoms. The fraction of sp³-hybridized carbons (Fsp3) is 1.00. The summed E-state index contributed by atoms with van der Waals surface area (Å²) in [4.78, 5) is 0. The Labute approximate surface area is 106 Å². The lowest BCUT2D eigenvalue weighted by Gasteiger charge is -2.17. The lowest BCUT2D eigenvalue weighted by atomic mass is 10.1. The minimum Gasteiger partial charge on any atom is -0.315 e. The van der Waals surface area contributed by atoms with Crippen LogP contribution >= 0.6 is 0 Å². The quantitative estimate of drug-likeness (QED) is 0.764. The average Bonchev–Trinajstić information content (AvgIpc) is 2.68. The predicted molar refractivity (Wildman–Crippen MR) is 72.9 cm³/mol. The number of rotatable bonds is 7. The Morgan fingerprint density at radius 1 is 1.12 bits per heavy atom. The van der Waals surface area contributed by atoms with Crippen LogP contribution in [0.2, 0.25) is 0 Å². The first-order chi connectivity index (χ1) is 7.92. The summed E-state index contributed by atoms with van der Waals surface area (Å²) in [5.74, 6) is 1.39. The monoisotopic (exact) mass is 261 g/mol. The predicted octanol–water partition coefficient (Wildman–Crippen LogP) is 2.23. The molecule has 102 valence electrons. The first-order valence-electron chi connectivity index (χ1n) is 6.84. The molecular formula is C13H27NO2S. The van der Waals surface area contributed by atoms with Crippen molar-refractivity contribution in [2.75, 3.05) is 18.8 Å². The number of hydrogen-bond donors (Lipinski definition) is 1. The summed E-state index contributed by atoms with van der Waals surface area (Å²) >= 11 is 0. The van der Waals surface area contributed by atoms with E-state index in [0.717, 1.165) is 19.4 Å². The van der Waals surface area contributed by atoms with Crippen molar-refractivity contribution in [2.24, 2.45) is 11.8 Å². The lowest BCUT2D eigenvalue weighted by molar-refractivity contribution is 0.524. The van der Waals surface area contributed by atoms with Gasteiger partial charge in [-0.05, 0) is 38.1 Å². The Bertz CT molecular complexity index is 305. The fourth-order valence-electron chi connectivity index (χ4n) is 2.37. The molecule has 1 rings (SSSR count). The van der Waals surface area contributed by atoms with Crippen LogP contribution in [0.1, 0.15) is 46.5 Å². The Hall–Kier alpha value is -0.0900. The van der Waals surface area contributed by atoms with Crippen LogP contribution in [-0.4, -0.2) is 32.5 Å². The molecule has 0 aromatic carbocycles. The van der Waals surface area contributed by atoms with Gasteiger partial charge in [-0.15, -0.1) is 0 Å². The van der Waals surface area contributed by atoms with Crippen molar-refractivity contribution in [1.29, 1.82) is 0 Å². The third-order valence-electron chi connectivity index (χ3n) is 3.54. The number of nitrogens with one attached hydrogen (secondary N) is 1. The maximum Gasteiger partial charge on any atom is 0.154 e. The van der Waals surface area contributed by atoms with E-state index in [9.17, 15) is 8.42 Å². The second-order valence-corrected chi connectivity index (χ2v) is 8.31. The molecule has 0 aromatic heterocycles. The van der Waals surface area contributed by atoms with Crippen LogP contribution in [0.3, 0.4) is 0 Å². The van der Waals surface area contributed by atoms with Crippen LogP contribution in [0.25, 0.3) is 0 Å². The molecule has 4 heteroatoms. The van der Waals surface area contributed by atoms with Gasteiger partial charge in [-0.25, -0.2) is 8.42 Å². The standard InChI is InChI=1S/C13H27NO2S/c1-11(2)8-14-9-12(3)17(15,16)10-13-6-4-5-7-13/h11-14H,4-10H2,1-3H3. The summed E-state index contributed by atoms with van der Waals surface area (Å²) in [5, 5.41) is 2.99. The highest BCUT2D eigenvalue weighted by atomic mass is 32.2. The van der Waals surface area contributed by atoms with Crippen molar-refractivity contribution in [3.8, 4) is 0 Å². The van der Waals surface area contributed by atoms with Crippen LogP contribution in [0, 0.1) is 11.8 Å². The van der Waals surface area contributed by atoms with Gasteiger partial charge in [-0.1, -0.05) is 26.7 Å². The molecule has 1 unspecified atom stereocenters. The van der Waals surface area contributed by atoms with Gasteiger partial charge in [0.05, 0.1) is 11.0 Å². The molecule has 1 saturated carbocycles. The van der Waals surface area contributed by atoms with Gasteiger partial charge in [0.2, 0.25) is 0 Å². The van der Waals surface area contributed by atoms with E-state index in [0.29, 0.717) is 24.1 Å². The highest BCUT2D eigenvalue weighted by Gasteiger charge is 2.26. The maximum atomic E-state index is 12.1. The summed E-state index contributed by atoms with van der Waals surface area (Å²) in [6.45, 7) is 7.57. The van der Waals surface area contributed by atoms with Crippen molar-refractivity contribution in [3.63, 3.8) is 0 Å². The average molecular weight is 261 g/mol. The summed E-state index contributed by atoms with van der Waals surface area (Å²) in [6, 6.07) is 0. The Morgan fingerprint density at radius 2 is 1.71 bits per heavy atom. The minimum atomic E-state index is -2.90. The highest BCUT2D eigenvalue weighted by molar-refractivity contribution is 7.92. The van der Waals surface area contributed by atoms with E-state index < -0.39 is 9.84 Å². The van der Waals surface area contributed by atoms with Gasteiger partial charge in [0.15, 0.2) is 9.84 Å².